The number of ether oxygens (including phenoxy) is 2. The summed E-state index contributed by atoms with van der Waals surface area (Å²) in [6, 6.07) is 8.59. The first-order valence-corrected chi connectivity index (χ1v) is 8.02. The number of hydrogen-bond acceptors (Lipinski definition) is 4. The van der Waals surface area contributed by atoms with Crippen LogP contribution in [-0.4, -0.2) is 24.1 Å². The van der Waals surface area contributed by atoms with Crippen molar-refractivity contribution in [2.24, 2.45) is 0 Å². The Morgan fingerprint density at radius 1 is 1.00 bits per heavy atom. The fourth-order valence-electron chi connectivity index (χ4n) is 1.91. The van der Waals surface area contributed by atoms with Crippen LogP contribution in [0.5, 0.6) is 5.75 Å². The van der Waals surface area contributed by atoms with Crippen molar-refractivity contribution in [3.8, 4) is 5.75 Å². The fraction of sp³-hybridized carbons (Fsp3) is 0.222. The van der Waals surface area contributed by atoms with Gasteiger partial charge >= 0.3 is 5.97 Å². The van der Waals surface area contributed by atoms with E-state index in [1.807, 2.05) is 0 Å². The Hall–Kier alpha value is -2.67. The van der Waals surface area contributed by atoms with Crippen LogP contribution in [0.3, 0.4) is 0 Å². The van der Waals surface area contributed by atoms with Crippen molar-refractivity contribution >= 4 is 29.2 Å². The second kappa shape index (κ2) is 8.62. The molecule has 0 saturated carbocycles. The third-order valence-electron chi connectivity index (χ3n) is 3.31. The molecule has 0 aliphatic heterocycles. The number of benzene rings is 2. The van der Waals surface area contributed by atoms with Crippen molar-refractivity contribution in [1.29, 1.82) is 0 Å². The highest BCUT2D eigenvalue weighted by Crippen LogP contribution is 2.22. The Morgan fingerprint density at radius 3 is 2.23 bits per heavy atom. The summed E-state index contributed by atoms with van der Waals surface area (Å²) in [6.45, 7) is 2.81. The summed E-state index contributed by atoms with van der Waals surface area (Å²) >= 11 is 5.83. The van der Waals surface area contributed by atoms with E-state index in [0.29, 0.717) is 0 Å². The molecule has 0 unspecified atom stereocenters. The molecule has 0 aliphatic rings. The Bertz CT molecular complexity index is 798. The molecular weight excluding hydrogens is 368 g/mol. The highest BCUT2D eigenvalue weighted by atomic mass is 35.5. The molecule has 0 aromatic heterocycles. The maximum Gasteiger partial charge on any atom is 0.347 e. The van der Waals surface area contributed by atoms with Gasteiger partial charge in [-0.15, -0.1) is 0 Å². The molecule has 0 spiro atoms. The average Bonchev–Trinajstić information content (AvgIpc) is 2.59. The predicted octanol–water partition coefficient (Wildman–Crippen LogP) is 3.96. The number of anilines is 1. The Morgan fingerprint density at radius 2 is 1.62 bits per heavy atom. The number of hydrogen-bond donors (Lipinski definition) is 1. The first kappa shape index (κ1) is 19.7. The van der Waals surface area contributed by atoms with E-state index >= 15 is 0 Å². The highest BCUT2D eigenvalue weighted by molar-refractivity contribution is 6.33. The molecule has 2 rings (SSSR count). The molecule has 2 atom stereocenters. The summed E-state index contributed by atoms with van der Waals surface area (Å²) in [7, 11) is 0. The fourth-order valence-corrected chi connectivity index (χ4v) is 2.13. The van der Waals surface area contributed by atoms with Gasteiger partial charge in [-0.3, -0.25) is 4.79 Å². The molecule has 2 aromatic rings. The zero-order valence-electron chi connectivity index (χ0n) is 14.0. The van der Waals surface area contributed by atoms with Gasteiger partial charge in [0.05, 0.1) is 10.7 Å². The second-order valence-corrected chi connectivity index (χ2v) is 5.81. The van der Waals surface area contributed by atoms with Crippen LogP contribution in [0.15, 0.2) is 42.5 Å². The Labute approximate surface area is 153 Å². The first-order valence-electron chi connectivity index (χ1n) is 7.65. The van der Waals surface area contributed by atoms with Crippen LogP contribution in [0.25, 0.3) is 0 Å². The minimum atomic E-state index is -1.14. The topological polar surface area (TPSA) is 64.6 Å². The number of nitrogens with one attached hydrogen (secondary N) is 1. The molecular formula is C18H16ClF2NO4. The monoisotopic (exact) mass is 383 g/mol. The first-order chi connectivity index (χ1) is 12.3. The van der Waals surface area contributed by atoms with Crippen LogP contribution in [0.2, 0.25) is 5.02 Å². The lowest BCUT2D eigenvalue weighted by atomic mass is 10.3. The minimum absolute atomic E-state index is 0.0184. The lowest BCUT2D eigenvalue weighted by Gasteiger charge is -2.18. The van der Waals surface area contributed by atoms with E-state index in [-0.39, 0.29) is 16.5 Å². The quantitative estimate of drug-likeness (QED) is 0.767. The standard InChI is InChI=1S/C18H16ClF2NO4/c1-10(17(23)22-16-8-5-13(21)9-15(16)19)26-18(24)11(2)25-14-6-3-12(20)4-7-14/h3-11H,1-2H3,(H,22,23)/t10-,11+/m1/s1. The summed E-state index contributed by atoms with van der Waals surface area (Å²) in [5, 5.41) is 2.46. The van der Waals surface area contributed by atoms with Crippen LogP contribution >= 0.6 is 11.6 Å². The number of amides is 1. The maximum absolute atomic E-state index is 13.0. The smallest absolute Gasteiger partial charge is 0.347 e. The van der Waals surface area contributed by atoms with E-state index in [2.05, 4.69) is 5.32 Å². The van der Waals surface area contributed by atoms with Crippen molar-refractivity contribution in [3.63, 3.8) is 0 Å². The van der Waals surface area contributed by atoms with Crippen LogP contribution in [0.1, 0.15) is 13.8 Å². The van der Waals surface area contributed by atoms with Crippen molar-refractivity contribution in [3.05, 3.63) is 59.1 Å². The molecule has 0 fully saturated rings. The maximum atomic E-state index is 13.0. The highest BCUT2D eigenvalue weighted by Gasteiger charge is 2.23. The molecule has 5 nitrogen and oxygen atoms in total. The van der Waals surface area contributed by atoms with Gasteiger partial charge in [0.25, 0.3) is 5.91 Å². The number of carbonyl (C=O) groups is 2. The molecule has 0 heterocycles. The van der Waals surface area contributed by atoms with Gasteiger partial charge in [-0.25, -0.2) is 13.6 Å². The lowest BCUT2D eigenvalue weighted by molar-refractivity contribution is -0.159. The predicted molar refractivity (Wildman–Crippen MR) is 92.1 cm³/mol. The largest absolute Gasteiger partial charge is 0.479 e. The number of carbonyl (C=O) groups excluding carboxylic acids is 2. The normalized spacial score (nSPS) is 12.8. The summed E-state index contributed by atoms with van der Waals surface area (Å²) < 4.78 is 36.2. The van der Waals surface area contributed by atoms with Gasteiger partial charge in [0, 0.05) is 0 Å². The van der Waals surface area contributed by atoms with E-state index in [0.717, 1.165) is 12.1 Å². The lowest BCUT2D eigenvalue weighted by Crippen LogP contribution is -2.35. The SMILES string of the molecule is C[C@H](Oc1ccc(F)cc1)C(=O)O[C@H](C)C(=O)Nc1ccc(F)cc1Cl. The van der Waals surface area contributed by atoms with Gasteiger partial charge in [0.15, 0.2) is 12.2 Å². The van der Waals surface area contributed by atoms with Gasteiger partial charge in [0.2, 0.25) is 0 Å². The van der Waals surface area contributed by atoms with Crippen LogP contribution in [0, 0.1) is 11.6 Å². The van der Waals surface area contributed by atoms with Crippen LogP contribution < -0.4 is 10.1 Å². The molecule has 8 heteroatoms. The van der Waals surface area contributed by atoms with Crippen molar-refractivity contribution in [2.45, 2.75) is 26.1 Å². The van der Waals surface area contributed by atoms with Crippen molar-refractivity contribution < 1.29 is 27.8 Å². The molecule has 2 aromatic carbocycles. The third kappa shape index (κ3) is 5.42. The summed E-state index contributed by atoms with van der Waals surface area (Å²) in [5.41, 5.74) is 0.191. The van der Waals surface area contributed by atoms with E-state index in [1.165, 1.54) is 44.2 Å². The molecule has 26 heavy (non-hydrogen) atoms. The average molecular weight is 384 g/mol. The second-order valence-electron chi connectivity index (χ2n) is 5.41. The zero-order chi connectivity index (χ0) is 19.3. The van der Waals surface area contributed by atoms with E-state index in [1.54, 1.807) is 0 Å². The summed E-state index contributed by atoms with van der Waals surface area (Å²) in [4.78, 5) is 24.1. The Kier molecular flexibility index (Phi) is 6.52. The molecule has 0 saturated heterocycles. The van der Waals surface area contributed by atoms with Crippen LogP contribution in [-0.2, 0) is 14.3 Å². The van der Waals surface area contributed by atoms with Gasteiger partial charge in [-0.05, 0) is 56.3 Å². The molecule has 1 N–H and O–H groups in total. The van der Waals surface area contributed by atoms with Crippen molar-refractivity contribution in [2.75, 3.05) is 5.32 Å². The number of halogens is 3. The molecule has 138 valence electrons. The molecule has 0 radical (unpaired) electrons. The van der Waals surface area contributed by atoms with Crippen molar-refractivity contribution in [1.82, 2.24) is 0 Å². The number of rotatable bonds is 6. The van der Waals surface area contributed by atoms with E-state index in [4.69, 9.17) is 21.1 Å². The summed E-state index contributed by atoms with van der Waals surface area (Å²) in [5.74, 6) is -2.11. The van der Waals surface area contributed by atoms with E-state index < -0.39 is 35.7 Å². The van der Waals surface area contributed by atoms with Gasteiger partial charge in [-0.1, -0.05) is 11.6 Å². The minimum Gasteiger partial charge on any atom is -0.479 e. The van der Waals surface area contributed by atoms with Gasteiger partial charge in [0.1, 0.15) is 17.4 Å². The van der Waals surface area contributed by atoms with Crippen LogP contribution in [0.4, 0.5) is 14.5 Å². The summed E-state index contributed by atoms with van der Waals surface area (Å²) in [6.07, 6.45) is -2.15. The molecule has 1 amide bonds. The van der Waals surface area contributed by atoms with E-state index in [9.17, 15) is 18.4 Å². The van der Waals surface area contributed by atoms with Gasteiger partial charge < -0.3 is 14.8 Å². The number of esters is 1. The Balaban J connectivity index is 1.90. The molecule has 0 bridgehead atoms. The van der Waals surface area contributed by atoms with Gasteiger partial charge in [-0.2, -0.15) is 0 Å². The third-order valence-corrected chi connectivity index (χ3v) is 3.62. The zero-order valence-corrected chi connectivity index (χ0v) is 14.7. The molecule has 0 aliphatic carbocycles.